The van der Waals surface area contributed by atoms with Crippen molar-refractivity contribution in [2.24, 2.45) is 0 Å². The van der Waals surface area contributed by atoms with Gasteiger partial charge in [0, 0.05) is 5.54 Å². The summed E-state index contributed by atoms with van der Waals surface area (Å²) in [4.78, 5) is 32.5. The van der Waals surface area contributed by atoms with E-state index in [9.17, 15) is 14.7 Å². The fraction of sp³-hybridized carbons (Fsp3) is 0.700. The third-order valence-corrected chi connectivity index (χ3v) is 5.63. The first-order chi connectivity index (χ1) is 14.0. The van der Waals surface area contributed by atoms with Crippen molar-refractivity contribution in [2.45, 2.75) is 75.7 Å². The van der Waals surface area contributed by atoms with E-state index in [2.05, 4.69) is 20.6 Å². The van der Waals surface area contributed by atoms with Gasteiger partial charge in [-0.05, 0) is 52.9 Å². The van der Waals surface area contributed by atoms with Crippen LogP contribution in [0.5, 0.6) is 11.8 Å². The van der Waals surface area contributed by atoms with E-state index in [4.69, 9.17) is 14.2 Å². The van der Waals surface area contributed by atoms with Crippen molar-refractivity contribution in [3.8, 4) is 11.8 Å². The second-order valence-corrected chi connectivity index (χ2v) is 9.03. The van der Waals surface area contributed by atoms with Crippen LogP contribution in [0.4, 0.5) is 4.79 Å². The molecule has 0 radical (unpaired) electrons. The highest BCUT2D eigenvalue weighted by molar-refractivity contribution is 5.78. The quantitative estimate of drug-likeness (QED) is 0.625. The standard InChI is InChI=1S/C20H30N4O6/c1-18(2,3)30-17(27)24-20-7-5-19(6-8-20,9-14(20)25)23-15(26)12-29-13-10-21-16(28-4)22-11-13/h10-11,14,25H,5-9,12H2,1-4H3,(H,23,26)(H,24,27)/t14-,19?,20?/m1/s1. The molecule has 1 aromatic rings. The Morgan fingerprint density at radius 1 is 1.17 bits per heavy atom. The number of aliphatic hydroxyl groups excluding tert-OH is 1. The summed E-state index contributed by atoms with van der Waals surface area (Å²) in [5, 5.41) is 16.6. The zero-order chi connectivity index (χ0) is 22.0. The molecule has 2 amide bonds. The smallest absolute Gasteiger partial charge is 0.408 e. The Hall–Kier alpha value is -2.62. The number of amides is 2. The highest BCUT2D eigenvalue weighted by Gasteiger charge is 2.55. The van der Waals surface area contributed by atoms with Gasteiger partial charge in [-0.1, -0.05) is 0 Å². The lowest BCUT2D eigenvalue weighted by Crippen LogP contribution is -2.70. The van der Waals surface area contributed by atoms with E-state index in [0.29, 0.717) is 37.9 Å². The van der Waals surface area contributed by atoms with Crippen LogP contribution in [0.15, 0.2) is 12.4 Å². The Morgan fingerprint density at radius 3 is 2.33 bits per heavy atom. The Morgan fingerprint density at radius 2 is 1.80 bits per heavy atom. The second kappa shape index (κ2) is 8.25. The SMILES string of the molecule is COc1ncc(OCC(=O)NC23CCC(NC(=O)OC(C)(C)C)(CC2)[C@H](O)C3)cn1. The third kappa shape index (κ3) is 5.10. The van der Waals surface area contributed by atoms with Crippen LogP contribution in [-0.4, -0.2) is 63.6 Å². The predicted molar refractivity (Wildman–Crippen MR) is 106 cm³/mol. The lowest BCUT2D eigenvalue weighted by Gasteiger charge is -2.56. The topological polar surface area (TPSA) is 132 Å². The molecule has 3 fully saturated rings. The molecule has 3 aliphatic rings. The zero-order valence-electron chi connectivity index (χ0n) is 17.9. The monoisotopic (exact) mass is 422 g/mol. The number of hydrogen-bond acceptors (Lipinski definition) is 8. The van der Waals surface area contributed by atoms with E-state index >= 15 is 0 Å². The maximum atomic E-state index is 12.4. The molecular formula is C20H30N4O6. The Bertz CT molecular complexity index is 768. The molecule has 4 rings (SSSR count). The normalized spacial score (nSPS) is 27.8. The number of ether oxygens (including phenoxy) is 3. The maximum Gasteiger partial charge on any atom is 0.408 e. The van der Waals surface area contributed by atoms with E-state index in [0.717, 1.165) is 0 Å². The number of hydrogen-bond donors (Lipinski definition) is 3. The van der Waals surface area contributed by atoms with Crippen LogP contribution in [-0.2, 0) is 9.53 Å². The summed E-state index contributed by atoms with van der Waals surface area (Å²) in [6.45, 7) is 5.20. The van der Waals surface area contributed by atoms with E-state index in [1.165, 1.54) is 19.5 Å². The number of fused-ring (bicyclic) bond motifs is 3. The molecule has 30 heavy (non-hydrogen) atoms. The minimum absolute atomic E-state index is 0.186. The number of rotatable bonds is 6. The first-order valence-electron chi connectivity index (χ1n) is 10.0. The molecule has 10 heteroatoms. The fourth-order valence-electron chi connectivity index (χ4n) is 4.13. The van der Waals surface area contributed by atoms with Crippen LogP contribution in [0.1, 0.15) is 52.9 Å². The number of nitrogens with one attached hydrogen (secondary N) is 2. The molecule has 0 aliphatic heterocycles. The Labute approximate surface area is 175 Å². The number of alkyl carbamates (subject to hydrolysis) is 1. The summed E-state index contributed by atoms with van der Waals surface area (Å²) in [6.07, 6.45) is 4.33. The van der Waals surface area contributed by atoms with Gasteiger partial charge in [-0.2, -0.15) is 9.97 Å². The van der Waals surface area contributed by atoms with Gasteiger partial charge in [-0.15, -0.1) is 0 Å². The highest BCUT2D eigenvalue weighted by atomic mass is 16.6. The van der Waals surface area contributed by atoms with Gasteiger partial charge in [0.15, 0.2) is 12.4 Å². The number of nitrogens with zero attached hydrogens (tertiary/aromatic N) is 2. The summed E-state index contributed by atoms with van der Waals surface area (Å²) in [5.74, 6) is 0.0730. The molecule has 1 atom stereocenters. The zero-order valence-corrected chi connectivity index (χ0v) is 17.9. The van der Waals surface area contributed by atoms with Crippen LogP contribution < -0.4 is 20.1 Å². The maximum absolute atomic E-state index is 12.4. The van der Waals surface area contributed by atoms with Gasteiger partial charge >= 0.3 is 12.1 Å². The van der Waals surface area contributed by atoms with Crippen molar-refractivity contribution in [1.82, 2.24) is 20.6 Å². The van der Waals surface area contributed by atoms with Gasteiger partial charge in [-0.25, -0.2) is 4.79 Å². The molecule has 0 aromatic carbocycles. The van der Waals surface area contributed by atoms with Crippen molar-refractivity contribution in [1.29, 1.82) is 0 Å². The summed E-state index contributed by atoms with van der Waals surface area (Å²) in [7, 11) is 1.46. The number of methoxy groups -OCH3 is 1. The van der Waals surface area contributed by atoms with Crippen molar-refractivity contribution in [3.63, 3.8) is 0 Å². The summed E-state index contributed by atoms with van der Waals surface area (Å²) >= 11 is 0. The Kier molecular flexibility index (Phi) is 6.07. The van der Waals surface area contributed by atoms with Gasteiger partial charge in [0.1, 0.15) is 5.60 Å². The Balaban J connectivity index is 1.53. The first kappa shape index (κ1) is 22.1. The van der Waals surface area contributed by atoms with E-state index in [1.807, 2.05) is 0 Å². The third-order valence-electron chi connectivity index (χ3n) is 5.63. The van der Waals surface area contributed by atoms with Crippen LogP contribution in [0.25, 0.3) is 0 Å². The molecule has 0 unspecified atom stereocenters. The largest absolute Gasteiger partial charge is 0.481 e. The molecular weight excluding hydrogens is 392 g/mol. The molecule has 2 bridgehead atoms. The van der Waals surface area contributed by atoms with Gasteiger partial charge in [0.25, 0.3) is 5.91 Å². The number of aromatic nitrogens is 2. The van der Waals surface area contributed by atoms with Crippen LogP contribution in [0.3, 0.4) is 0 Å². The number of carbonyl (C=O) groups excluding carboxylic acids is 2. The molecule has 3 N–H and O–H groups in total. The summed E-state index contributed by atoms with van der Waals surface area (Å²) in [6, 6.07) is 0.215. The van der Waals surface area contributed by atoms with E-state index in [-0.39, 0.29) is 18.5 Å². The van der Waals surface area contributed by atoms with Gasteiger partial charge < -0.3 is 30.0 Å². The summed E-state index contributed by atoms with van der Waals surface area (Å²) in [5.41, 5.74) is -1.83. The molecule has 1 aromatic heterocycles. The lowest BCUT2D eigenvalue weighted by atomic mass is 9.60. The van der Waals surface area contributed by atoms with E-state index < -0.39 is 28.9 Å². The van der Waals surface area contributed by atoms with Crippen LogP contribution in [0, 0.1) is 0 Å². The minimum atomic E-state index is -0.774. The van der Waals surface area contributed by atoms with Gasteiger partial charge in [0.05, 0.1) is 31.1 Å². The second-order valence-electron chi connectivity index (χ2n) is 9.03. The number of carbonyl (C=O) groups is 2. The summed E-state index contributed by atoms with van der Waals surface area (Å²) < 4.78 is 15.7. The van der Waals surface area contributed by atoms with Crippen LogP contribution >= 0.6 is 0 Å². The fourth-order valence-corrected chi connectivity index (χ4v) is 4.13. The van der Waals surface area contributed by atoms with Crippen LogP contribution in [0.2, 0.25) is 0 Å². The van der Waals surface area contributed by atoms with Crippen molar-refractivity contribution in [3.05, 3.63) is 12.4 Å². The molecule has 0 spiro atoms. The van der Waals surface area contributed by atoms with Crippen molar-refractivity contribution >= 4 is 12.0 Å². The minimum Gasteiger partial charge on any atom is -0.481 e. The molecule has 10 nitrogen and oxygen atoms in total. The molecule has 3 saturated carbocycles. The van der Waals surface area contributed by atoms with Gasteiger partial charge in [0.2, 0.25) is 0 Å². The molecule has 1 heterocycles. The molecule has 166 valence electrons. The van der Waals surface area contributed by atoms with Crippen molar-refractivity contribution in [2.75, 3.05) is 13.7 Å². The molecule has 3 aliphatic carbocycles. The van der Waals surface area contributed by atoms with Crippen molar-refractivity contribution < 1.29 is 28.9 Å². The highest BCUT2D eigenvalue weighted by Crippen LogP contribution is 2.47. The van der Waals surface area contributed by atoms with E-state index in [1.54, 1.807) is 20.8 Å². The average molecular weight is 422 g/mol. The number of aliphatic hydroxyl groups is 1. The van der Waals surface area contributed by atoms with Gasteiger partial charge in [-0.3, -0.25) is 4.79 Å². The molecule has 0 saturated heterocycles. The lowest BCUT2D eigenvalue weighted by molar-refractivity contribution is -0.129. The predicted octanol–water partition coefficient (Wildman–Crippen LogP) is 1.32. The average Bonchev–Trinajstić information content (AvgIpc) is 2.66. The first-order valence-corrected chi connectivity index (χ1v) is 10.0.